The summed E-state index contributed by atoms with van der Waals surface area (Å²) < 4.78 is 0. The topological polar surface area (TPSA) is 71.3 Å². The molecule has 8 heteroatoms. The van der Waals surface area contributed by atoms with Crippen molar-refractivity contribution in [2.45, 2.75) is 0 Å². The van der Waals surface area contributed by atoms with Gasteiger partial charge in [0, 0.05) is 18.1 Å². The molecule has 2 aromatic heterocycles. The van der Waals surface area contributed by atoms with Gasteiger partial charge in [-0.3, -0.25) is 14.7 Å². The van der Waals surface area contributed by atoms with Crippen LogP contribution in [-0.2, 0) is 4.79 Å². The molecule has 128 valence electrons. The molecule has 0 spiro atoms. The van der Waals surface area contributed by atoms with Crippen LogP contribution in [0.3, 0.4) is 0 Å². The minimum absolute atomic E-state index is 0.125. The van der Waals surface area contributed by atoms with Gasteiger partial charge in [0.15, 0.2) is 5.17 Å². The smallest absolute Gasteiger partial charge is 0.267 e. The van der Waals surface area contributed by atoms with Gasteiger partial charge < -0.3 is 0 Å². The molecule has 1 amide bonds. The zero-order valence-corrected chi connectivity index (χ0v) is 15.2. The molecular formula is C18H13N5OS2. The molecule has 0 aliphatic carbocycles. The summed E-state index contributed by atoms with van der Waals surface area (Å²) in [6.45, 7) is 4.11. The zero-order valence-electron chi connectivity index (χ0n) is 13.6. The number of rotatable bonds is 4. The second kappa shape index (κ2) is 7.19. The van der Waals surface area contributed by atoms with E-state index in [1.54, 1.807) is 29.4 Å². The number of benzene rings is 1. The van der Waals surface area contributed by atoms with Gasteiger partial charge in [0.25, 0.3) is 5.91 Å². The number of hydrogen-bond acceptors (Lipinski definition) is 7. The lowest BCUT2D eigenvalue weighted by Gasteiger charge is -2.11. The summed E-state index contributed by atoms with van der Waals surface area (Å²) in [5.41, 5.74) is 2.24. The lowest BCUT2D eigenvalue weighted by Crippen LogP contribution is -2.29. The fraction of sp³-hybridized carbons (Fsp3) is 0.0556. The average Bonchev–Trinajstić information content (AvgIpc) is 3.26. The molecule has 3 heterocycles. The maximum atomic E-state index is 12.7. The monoisotopic (exact) mass is 379 g/mol. The molecule has 6 nitrogen and oxygen atoms in total. The Balaban J connectivity index is 1.70. The van der Waals surface area contributed by atoms with Crippen molar-refractivity contribution in [1.29, 1.82) is 0 Å². The van der Waals surface area contributed by atoms with Gasteiger partial charge in [-0.2, -0.15) is 4.99 Å². The molecule has 0 radical (unpaired) electrons. The molecule has 3 aromatic rings. The van der Waals surface area contributed by atoms with Gasteiger partial charge in [-0.1, -0.05) is 18.2 Å². The summed E-state index contributed by atoms with van der Waals surface area (Å²) in [6, 6.07) is 7.63. The van der Waals surface area contributed by atoms with Crippen LogP contribution >= 0.6 is 23.1 Å². The minimum atomic E-state index is -0.125. The normalized spacial score (nSPS) is 17.5. The average molecular weight is 379 g/mol. The molecule has 1 saturated heterocycles. The summed E-state index contributed by atoms with van der Waals surface area (Å²) in [7, 11) is 0. The third-order valence-corrected chi connectivity index (χ3v) is 5.23. The first-order chi connectivity index (χ1) is 12.7. The number of fused-ring (bicyclic) bond motifs is 1. The highest BCUT2D eigenvalue weighted by molar-refractivity contribution is 8.18. The highest BCUT2D eigenvalue weighted by Crippen LogP contribution is 2.34. The van der Waals surface area contributed by atoms with Crippen LogP contribution in [0.25, 0.3) is 17.1 Å². The van der Waals surface area contributed by atoms with Crippen molar-refractivity contribution < 1.29 is 4.79 Å². The fourth-order valence-electron chi connectivity index (χ4n) is 2.41. The van der Waals surface area contributed by atoms with E-state index in [9.17, 15) is 4.79 Å². The highest BCUT2D eigenvalue weighted by atomic mass is 32.2. The van der Waals surface area contributed by atoms with E-state index in [2.05, 4.69) is 26.5 Å². The van der Waals surface area contributed by atoms with Crippen LogP contribution in [0.15, 0.2) is 64.6 Å². The third kappa shape index (κ3) is 3.29. The highest BCUT2D eigenvalue weighted by Gasteiger charge is 2.33. The maximum absolute atomic E-state index is 12.7. The predicted octanol–water partition coefficient (Wildman–Crippen LogP) is 3.88. The first-order valence-electron chi connectivity index (χ1n) is 7.77. The Kier molecular flexibility index (Phi) is 4.59. The first-order valence-corrected chi connectivity index (χ1v) is 9.46. The Bertz CT molecular complexity index is 1040. The Labute approximate surface area is 158 Å². The van der Waals surface area contributed by atoms with E-state index in [0.717, 1.165) is 11.0 Å². The summed E-state index contributed by atoms with van der Waals surface area (Å²) >= 11 is 2.72. The predicted molar refractivity (Wildman–Crippen MR) is 106 cm³/mol. The molecular weight excluding hydrogens is 366 g/mol. The van der Waals surface area contributed by atoms with E-state index in [-0.39, 0.29) is 5.91 Å². The van der Waals surface area contributed by atoms with E-state index >= 15 is 0 Å². The van der Waals surface area contributed by atoms with Crippen molar-refractivity contribution in [3.63, 3.8) is 0 Å². The van der Waals surface area contributed by atoms with E-state index in [1.807, 2.05) is 29.6 Å². The summed E-state index contributed by atoms with van der Waals surface area (Å²) in [4.78, 5) is 32.4. The third-order valence-electron chi connectivity index (χ3n) is 3.56. The number of aliphatic imine (C=N–C) groups is 1. The maximum Gasteiger partial charge on any atom is 0.267 e. The number of amides is 1. The van der Waals surface area contributed by atoms with Gasteiger partial charge in [-0.25, -0.2) is 9.97 Å². The van der Waals surface area contributed by atoms with Gasteiger partial charge in [0.2, 0.25) is 5.13 Å². The van der Waals surface area contributed by atoms with Crippen LogP contribution in [0.2, 0.25) is 0 Å². The van der Waals surface area contributed by atoms with Gasteiger partial charge in [0.05, 0.1) is 27.8 Å². The van der Waals surface area contributed by atoms with Crippen LogP contribution in [0.5, 0.6) is 0 Å². The largest absolute Gasteiger partial charge is 0.282 e. The van der Waals surface area contributed by atoms with Crippen molar-refractivity contribution >= 4 is 56.4 Å². The van der Waals surface area contributed by atoms with Gasteiger partial charge in [-0.05, 0) is 30.0 Å². The van der Waals surface area contributed by atoms with Crippen molar-refractivity contribution in [3.8, 4) is 0 Å². The standard InChI is InChI=1S/C18H13N5OS2/c1-2-8-23-16(24)15(26-18(23)22-17-19-7-9-25-17)10-12-11-20-13-5-3-4-6-14(13)21-12/h2-7,9-11H,1,8H2/b15-10-,22-18?. The first kappa shape index (κ1) is 16.6. The van der Waals surface area contributed by atoms with Crippen LogP contribution in [-0.4, -0.2) is 37.5 Å². The lowest BCUT2D eigenvalue weighted by atomic mass is 10.3. The molecule has 1 aliphatic heterocycles. The molecule has 0 saturated carbocycles. The molecule has 1 fully saturated rings. The van der Waals surface area contributed by atoms with Crippen molar-refractivity contribution in [3.05, 3.63) is 65.3 Å². The quantitative estimate of drug-likeness (QED) is 0.508. The Morgan fingerprint density at radius 1 is 1.23 bits per heavy atom. The summed E-state index contributed by atoms with van der Waals surface area (Å²) in [5, 5.41) is 3.05. The Morgan fingerprint density at radius 2 is 2.08 bits per heavy atom. The van der Waals surface area contributed by atoms with Crippen molar-refractivity contribution in [2.75, 3.05) is 6.54 Å². The molecule has 0 N–H and O–H groups in total. The molecule has 0 atom stereocenters. The fourth-order valence-corrected chi connectivity index (χ4v) is 3.95. The van der Waals surface area contributed by atoms with Crippen LogP contribution in [0, 0.1) is 0 Å². The number of hydrogen-bond donors (Lipinski definition) is 0. The van der Waals surface area contributed by atoms with Crippen LogP contribution in [0.1, 0.15) is 5.69 Å². The van der Waals surface area contributed by atoms with Crippen LogP contribution in [0.4, 0.5) is 5.13 Å². The molecule has 0 unspecified atom stereocenters. The summed E-state index contributed by atoms with van der Waals surface area (Å²) in [5.74, 6) is -0.125. The second-order valence-electron chi connectivity index (χ2n) is 5.31. The number of carbonyl (C=O) groups excluding carboxylic acids is 1. The van der Waals surface area contributed by atoms with Crippen molar-refractivity contribution in [2.24, 2.45) is 4.99 Å². The number of thiazole rings is 1. The van der Waals surface area contributed by atoms with E-state index in [1.165, 1.54) is 23.1 Å². The van der Waals surface area contributed by atoms with Gasteiger partial charge >= 0.3 is 0 Å². The number of amidine groups is 1. The second-order valence-corrected chi connectivity index (χ2v) is 7.19. The molecule has 1 aromatic carbocycles. The summed E-state index contributed by atoms with van der Waals surface area (Å²) in [6.07, 6.45) is 6.77. The number of nitrogens with zero attached hydrogens (tertiary/aromatic N) is 5. The van der Waals surface area contributed by atoms with E-state index in [0.29, 0.717) is 27.4 Å². The van der Waals surface area contributed by atoms with E-state index < -0.39 is 0 Å². The molecule has 0 bridgehead atoms. The van der Waals surface area contributed by atoms with Crippen LogP contribution < -0.4 is 0 Å². The number of aromatic nitrogens is 3. The Morgan fingerprint density at radius 3 is 2.85 bits per heavy atom. The Hall–Kier alpha value is -2.84. The number of para-hydroxylation sites is 2. The van der Waals surface area contributed by atoms with E-state index in [4.69, 9.17) is 0 Å². The van der Waals surface area contributed by atoms with Gasteiger partial charge in [-0.15, -0.1) is 17.9 Å². The molecule has 4 rings (SSSR count). The SMILES string of the molecule is C=CCN1C(=O)/C(=C/c2cnc3ccccc3n2)SC1=Nc1nccs1. The zero-order chi connectivity index (χ0) is 17.9. The molecule has 26 heavy (non-hydrogen) atoms. The lowest BCUT2D eigenvalue weighted by molar-refractivity contribution is -0.121. The minimum Gasteiger partial charge on any atom is -0.282 e. The number of carbonyl (C=O) groups is 1. The van der Waals surface area contributed by atoms with Crippen molar-refractivity contribution in [1.82, 2.24) is 19.9 Å². The number of thioether (sulfide) groups is 1. The molecule has 1 aliphatic rings. The van der Waals surface area contributed by atoms with Gasteiger partial charge in [0.1, 0.15) is 0 Å².